The number of carbonyl (C=O) groups excluding carboxylic acids is 1. The second kappa shape index (κ2) is 6.68. The van der Waals surface area contributed by atoms with E-state index in [0.29, 0.717) is 5.69 Å². The van der Waals surface area contributed by atoms with E-state index in [1.807, 2.05) is 24.3 Å². The van der Waals surface area contributed by atoms with Gasteiger partial charge in [0, 0.05) is 10.9 Å². The van der Waals surface area contributed by atoms with Gasteiger partial charge in [0.2, 0.25) is 0 Å². The van der Waals surface area contributed by atoms with Gasteiger partial charge in [0.25, 0.3) is 5.91 Å². The second-order valence-corrected chi connectivity index (χ2v) is 6.72. The molecular weight excluding hydrogens is 312 g/mol. The molecule has 2 N–H and O–H groups in total. The number of benzene rings is 1. The highest BCUT2D eigenvalue weighted by Crippen LogP contribution is 2.30. The predicted octanol–water partition coefficient (Wildman–Crippen LogP) is 2.85. The fraction of sp³-hybridized carbons (Fsp3) is 0.412. The molecule has 0 radical (unpaired) electrons. The van der Waals surface area contributed by atoms with Crippen LogP contribution in [-0.2, 0) is 0 Å². The third-order valence-electron chi connectivity index (χ3n) is 4.32. The van der Waals surface area contributed by atoms with Crippen molar-refractivity contribution in [2.45, 2.75) is 31.2 Å². The van der Waals surface area contributed by atoms with E-state index < -0.39 is 5.54 Å². The van der Waals surface area contributed by atoms with E-state index in [0.717, 1.165) is 42.0 Å². The number of amides is 1. The van der Waals surface area contributed by atoms with Crippen molar-refractivity contribution in [3.05, 3.63) is 35.3 Å². The summed E-state index contributed by atoms with van der Waals surface area (Å²) in [6.45, 7) is -0.0196. The molecule has 0 bridgehead atoms. The Labute approximate surface area is 139 Å². The number of methoxy groups -OCH3 is 1. The van der Waals surface area contributed by atoms with Crippen molar-refractivity contribution < 1.29 is 14.6 Å². The highest BCUT2D eigenvalue weighted by atomic mass is 32.1. The molecule has 2 aromatic rings. The summed E-state index contributed by atoms with van der Waals surface area (Å²) >= 11 is 1.43. The molecule has 1 aliphatic carbocycles. The molecule has 1 fully saturated rings. The number of nitrogens with one attached hydrogen (secondary N) is 1. The number of hydrogen-bond donors (Lipinski definition) is 2. The van der Waals surface area contributed by atoms with Gasteiger partial charge in [-0.25, -0.2) is 4.98 Å². The lowest BCUT2D eigenvalue weighted by Gasteiger charge is -2.27. The number of aliphatic hydroxyl groups excluding tert-OH is 1. The van der Waals surface area contributed by atoms with E-state index in [4.69, 9.17) is 4.74 Å². The molecule has 0 unspecified atom stereocenters. The van der Waals surface area contributed by atoms with E-state index in [1.54, 1.807) is 12.5 Å². The number of hydrogen-bond acceptors (Lipinski definition) is 5. The van der Waals surface area contributed by atoms with Crippen LogP contribution in [0.5, 0.6) is 5.75 Å². The molecule has 0 aliphatic heterocycles. The number of thiazole rings is 1. The molecule has 1 aliphatic rings. The van der Waals surface area contributed by atoms with Gasteiger partial charge >= 0.3 is 0 Å². The van der Waals surface area contributed by atoms with Crippen LogP contribution < -0.4 is 10.1 Å². The number of nitrogens with zero attached hydrogens (tertiary/aromatic N) is 1. The Morgan fingerprint density at radius 1 is 1.35 bits per heavy atom. The van der Waals surface area contributed by atoms with Crippen molar-refractivity contribution in [3.63, 3.8) is 0 Å². The van der Waals surface area contributed by atoms with Gasteiger partial charge in [-0.15, -0.1) is 11.3 Å². The standard InChI is InChI=1S/C17H20N2O3S/c1-22-13-6-4-12(5-7-13)16-18-14(10-23-16)15(21)19-17(11-20)8-2-3-9-17/h4-7,10,20H,2-3,8-9,11H2,1H3,(H,19,21). The Morgan fingerprint density at radius 3 is 2.65 bits per heavy atom. The lowest BCUT2D eigenvalue weighted by Crippen LogP contribution is -2.49. The topological polar surface area (TPSA) is 71.5 Å². The van der Waals surface area contributed by atoms with Crippen LogP contribution in [0.3, 0.4) is 0 Å². The minimum absolute atomic E-state index is 0.0196. The van der Waals surface area contributed by atoms with E-state index in [9.17, 15) is 9.90 Å². The van der Waals surface area contributed by atoms with E-state index in [2.05, 4.69) is 10.3 Å². The van der Waals surface area contributed by atoms with E-state index in [1.165, 1.54) is 11.3 Å². The van der Waals surface area contributed by atoms with Gasteiger partial charge in [0.05, 0.1) is 19.3 Å². The van der Waals surface area contributed by atoms with Crippen molar-refractivity contribution >= 4 is 17.2 Å². The molecule has 0 saturated heterocycles. The summed E-state index contributed by atoms with van der Waals surface area (Å²) in [5.41, 5.74) is 0.883. The van der Waals surface area contributed by atoms with Crippen molar-refractivity contribution in [1.82, 2.24) is 10.3 Å². The first kappa shape index (κ1) is 16.0. The first-order chi connectivity index (χ1) is 11.2. The van der Waals surface area contributed by atoms with Crippen molar-refractivity contribution in [2.24, 2.45) is 0 Å². The van der Waals surface area contributed by atoms with Crippen LogP contribution >= 0.6 is 11.3 Å². The Kier molecular flexibility index (Phi) is 4.63. The summed E-state index contributed by atoms with van der Waals surface area (Å²) in [7, 11) is 1.63. The summed E-state index contributed by atoms with van der Waals surface area (Å²) in [5.74, 6) is 0.575. The van der Waals surface area contributed by atoms with Gasteiger partial charge in [-0.05, 0) is 37.1 Å². The number of ether oxygens (including phenoxy) is 1. The number of aromatic nitrogens is 1. The molecule has 23 heavy (non-hydrogen) atoms. The first-order valence-electron chi connectivity index (χ1n) is 7.69. The highest BCUT2D eigenvalue weighted by molar-refractivity contribution is 7.13. The van der Waals surface area contributed by atoms with Crippen LogP contribution in [0.4, 0.5) is 0 Å². The molecular formula is C17H20N2O3S. The van der Waals surface area contributed by atoms with Gasteiger partial charge in [-0.2, -0.15) is 0 Å². The van der Waals surface area contributed by atoms with Crippen molar-refractivity contribution in [2.75, 3.05) is 13.7 Å². The summed E-state index contributed by atoms with van der Waals surface area (Å²) < 4.78 is 5.14. The third-order valence-corrected chi connectivity index (χ3v) is 5.21. The Morgan fingerprint density at radius 2 is 2.04 bits per heavy atom. The third kappa shape index (κ3) is 3.38. The predicted molar refractivity (Wildman–Crippen MR) is 89.9 cm³/mol. The first-order valence-corrected chi connectivity index (χ1v) is 8.57. The number of carbonyl (C=O) groups is 1. The molecule has 0 atom stereocenters. The maximum Gasteiger partial charge on any atom is 0.271 e. The van der Waals surface area contributed by atoms with Crippen LogP contribution in [-0.4, -0.2) is 35.3 Å². The zero-order chi connectivity index (χ0) is 16.3. The van der Waals surface area contributed by atoms with E-state index >= 15 is 0 Å². The lowest BCUT2D eigenvalue weighted by molar-refractivity contribution is 0.0834. The maximum absolute atomic E-state index is 12.4. The summed E-state index contributed by atoms with van der Waals surface area (Å²) in [6.07, 6.45) is 3.72. The molecule has 122 valence electrons. The summed E-state index contributed by atoms with van der Waals surface area (Å²) in [4.78, 5) is 16.8. The number of rotatable bonds is 5. The van der Waals surface area contributed by atoms with Crippen LogP contribution in [0.25, 0.3) is 10.6 Å². The molecule has 1 saturated carbocycles. The summed E-state index contributed by atoms with van der Waals surface area (Å²) in [5, 5.41) is 15.1. The van der Waals surface area contributed by atoms with Crippen molar-refractivity contribution in [3.8, 4) is 16.3 Å². The molecule has 1 aromatic carbocycles. The van der Waals surface area contributed by atoms with Crippen LogP contribution in [0.1, 0.15) is 36.2 Å². The van der Waals surface area contributed by atoms with E-state index in [-0.39, 0.29) is 12.5 Å². The average molecular weight is 332 g/mol. The van der Waals surface area contributed by atoms with Gasteiger partial charge in [-0.1, -0.05) is 12.8 Å². The SMILES string of the molecule is COc1ccc(-c2nc(C(=O)NC3(CO)CCCC3)cs2)cc1. The molecule has 3 rings (SSSR count). The van der Waals surface area contributed by atoms with Crippen LogP contribution in [0.15, 0.2) is 29.6 Å². The molecule has 5 nitrogen and oxygen atoms in total. The minimum atomic E-state index is -0.471. The molecule has 1 heterocycles. The monoisotopic (exact) mass is 332 g/mol. The maximum atomic E-state index is 12.4. The zero-order valence-electron chi connectivity index (χ0n) is 13.0. The van der Waals surface area contributed by atoms with Crippen LogP contribution in [0, 0.1) is 0 Å². The smallest absolute Gasteiger partial charge is 0.271 e. The Balaban J connectivity index is 1.74. The highest BCUT2D eigenvalue weighted by Gasteiger charge is 2.35. The quantitative estimate of drug-likeness (QED) is 0.883. The van der Waals surface area contributed by atoms with Gasteiger partial charge in [-0.3, -0.25) is 4.79 Å². The number of aliphatic hydroxyl groups is 1. The zero-order valence-corrected chi connectivity index (χ0v) is 13.9. The average Bonchev–Trinajstić information content (AvgIpc) is 3.25. The second-order valence-electron chi connectivity index (χ2n) is 5.87. The van der Waals surface area contributed by atoms with Gasteiger partial charge in [0.1, 0.15) is 16.5 Å². The lowest BCUT2D eigenvalue weighted by atomic mass is 9.99. The fourth-order valence-electron chi connectivity index (χ4n) is 2.92. The molecule has 6 heteroatoms. The van der Waals surface area contributed by atoms with Crippen molar-refractivity contribution in [1.29, 1.82) is 0 Å². The molecule has 0 spiro atoms. The Hall–Kier alpha value is -1.92. The van der Waals surface area contributed by atoms with Crippen LogP contribution in [0.2, 0.25) is 0 Å². The normalized spacial score (nSPS) is 16.3. The largest absolute Gasteiger partial charge is 0.497 e. The minimum Gasteiger partial charge on any atom is -0.497 e. The molecule has 1 amide bonds. The Bertz CT molecular complexity index is 675. The van der Waals surface area contributed by atoms with Gasteiger partial charge in [0.15, 0.2) is 0 Å². The molecule has 1 aromatic heterocycles. The van der Waals surface area contributed by atoms with Gasteiger partial charge < -0.3 is 15.2 Å². The summed E-state index contributed by atoms with van der Waals surface area (Å²) in [6, 6.07) is 7.59. The fourth-order valence-corrected chi connectivity index (χ4v) is 3.73.